The average molecular weight is 560 g/mol. The number of nitriles is 1. The number of aromatic nitrogens is 3. The second kappa shape index (κ2) is 11.0. The van der Waals surface area contributed by atoms with Gasteiger partial charge < -0.3 is 9.47 Å². The Hall–Kier alpha value is -3.27. The number of carbonyl (C=O) groups excluding carboxylic acids is 1. The molecule has 1 aromatic carbocycles. The Labute approximate surface area is 213 Å². The average Bonchev–Trinajstić information content (AvgIpc) is 3.25. The number of fused-ring (bicyclic) bond motifs is 1. The molecule has 4 rings (SSSR count). The minimum Gasteiger partial charge on any atom is -0.465 e. The Morgan fingerprint density at radius 3 is 2.80 bits per heavy atom. The van der Waals surface area contributed by atoms with E-state index < -0.39 is 17.3 Å². The third-order valence-corrected chi connectivity index (χ3v) is 6.88. The number of esters is 1. The van der Waals surface area contributed by atoms with E-state index in [-0.39, 0.29) is 25.0 Å². The van der Waals surface area contributed by atoms with Crippen LogP contribution in [0.2, 0.25) is 0 Å². The maximum Gasteiger partial charge on any atom is 0.327 e. The molecule has 1 aliphatic rings. The highest BCUT2D eigenvalue weighted by molar-refractivity contribution is 9.10. The van der Waals surface area contributed by atoms with Gasteiger partial charge in [0.15, 0.2) is 0 Å². The summed E-state index contributed by atoms with van der Waals surface area (Å²) >= 11 is 1.09. The van der Waals surface area contributed by atoms with Gasteiger partial charge in [0.2, 0.25) is 5.88 Å². The van der Waals surface area contributed by atoms with Crippen molar-refractivity contribution >= 4 is 38.9 Å². The number of anilines is 1. The summed E-state index contributed by atoms with van der Waals surface area (Å²) in [6.07, 6.45) is 5.20. The highest BCUT2D eigenvalue weighted by Crippen LogP contribution is 2.39. The number of carbonyl (C=O) groups is 1. The molecule has 0 saturated heterocycles. The summed E-state index contributed by atoms with van der Waals surface area (Å²) < 4.78 is 36.9. The molecule has 2 unspecified atom stereocenters. The molecule has 0 saturated carbocycles. The van der Waals surface area contributed by atoms with Crippen molar-refractivity contribution in [1.82, 2.24) is 14.8 Å². The van der Waals surface area contributed by atoms with Gasteiger partial charge >= 0.3 is 5.97 Å². The maximum absolute atomic E-state index is 12.5. The number of hydrogen-bond acceptors (Lipinski definition) is 7. The lowest BCUT2D eigenvalue weighted by atomic mass is 9.92. The Balaban J connectivity index is 1.59. The lowest BCUT2D eigenvalue weighted by molar-refractivity contribution is -0.144. The molecular weight excluding hydrogens is 538 g/mol. The molecule has 1 aliphatic carbocycles. The van der Waals surface area contributed by atoms with Gasteiger partial charge in [-0.15, -0.1) is 0 Å². The van der Waals surface area contributed by atoms with Crippen LogP contribution >= 0.6 is 15.9 Å². The van der Waals surface area contributed by atoms with Crippen molar-refractivity contribution in [2.24, 2.45) is 0 Å². The molecule has 2 atom stereocenters. The van der Waals surface area contributed by atoms with Gasteiger partial charge in [-0.25, -0.2) is 9.19 Å². The fraction of sp³-hybridized carbons (Fsp3) is 0.304. The van der Waals surface area contributed by atoms with Crippen molar-refractivity contribution in [3.63, 3.8) is 0 Å². The summed E-state index contributed by atoms with van der Waals surface area (Å²) in [6, 6.07) is 9.87. The highest BCUT2D eigenvalue weighted by atomic mass is 79.9. The standard InChI is InChI=1S/C23H22BrN5O5S/c1-2-33-22(30)14-28-20-4-3-5-21(18(20)13-27-28)29(35(31)32)16-10-19(24)23(26-12-16)34-17-8-6-15(11-25)7-9-17/h6-10,12-13,21H,2-5,14H2,1H3,(H,31,32). The van der Waals surface area contributed by atoms with Crippen LogP contribution in [-0.2, 0) is 33.8 Å². The first-order valence-electron chi connectivity index (χ1n) is 10.8. The van der Waals surface area contributed by atoms with E-state index in [4.69, 9.17) is 14.7 Å². The molecule has 12 heteroatoms. The Morgan fingerprint density at radius 1 is 1.37 bits per heavy atom. The third kappa shape index (κ3) is 5.53. The van der Waals surface area contributed by atoms with Gasteiger partial charge in [-0.3, -0.25) is 18.3 Å². The molecule has 0 bridgehead atoms. The number of hydrogen-bond donors (Lipinski definition) is 1. The Kier molecular flexibility index (Phi) is 7.80. The van der Waals surface area contributed by atoms with E-state index in [9.17, 15) is 13.6 Å². The van der Waals surface area contributed by atoms with Crippen molar-refractivity contribution in [3.8, 4) is 17.7 Å². The molecule has 0 aliphatic heterocycles. The van der Waals surface area contributed by atoms with E-state index >= 15 is 0 Å². The van der Waals surface area contributed by atoms with Crippen molar-refractivity contribution < 1.29 is 23.0 Å². The lowest BCUT2D eigenvalue weighted by Gasteiger charge is -2.32. The fourth-order valence-corrected chi connectivity index (χ4v) is 5.14. The van der Waals surface area contributed by atoms with E-state index in [2.05, 4.69) is 26.0 Å². The second-order valence-electron chi connectivity index (χ2n) is 7.69. The first kappa shape index (κ1) is 24.8. The number of nitrogens with zero attached hydrogens (tertiary/aromatic N) is 5. The van der Waals surface area contributed by atoms with E-state index in [1.165, 1.54) is 10.5 Å². The normalized spacial score (nSPS) is 15.5. The Morgan fingerprint density at radius 2 is 2.14 bits per heavy atom. The van der Waals surface area contributed by atoms with Crippen LogP contribution in [0.25, 0.3) is 0 Å². The van der Waals surface area contributed by atoms with E-state index in [1.54, 1.807) is 48.1 Å². The van der Waals surface area contributed by atoms with Crippen LogP contribution in [0.4, 0.5) is 5.69 Å². The van der Waals surface area contributed by atoms with Gasteiger partial charge in [-0.2, -0.15) is 10.4 Å². The van der Waals surface area contributed by atoms with Crippen LogP contribution in [0.5, 0.6) is 11.6 Å². The van der Waals surface area contributed by atoms with Crippen molar-refractivity contribution in [2.45, 2.75) is 38.8 Å². The van der Waals surface area contributed by atoms with Gasteiger partial charge in [-0.05, 0) is 72.4 Å². The van der Waals surface area contributed by atoms with E-state index in [0.29, 0.717) is 34.3 Å². The quantitative estimate of drug-likeness (QED) is 0.319. The van der Waals surface area contributed by atoms with Gasteiger partial charge in [0.25, 0.3) is 11.3 Å². The predicted molar refractivity (Wildman–Crippen MR) is 131 cm³/mol. The smallest absolute Gasteiger partial charge is 0.327 e. The first-order chi connectivity index (χ1) is 16.9. The maximum atomic E-state index is 12.5. The summed E-state index contributed by atoms with van der Waals surface area (Å²) in [7, 11) is 0. The molecule has 10 nitrogen and oxygen atoms in total. The zero-order valence-corrected chi connectivity index (χ0v) is 21.2. The lowest BCUT2D eigenvalue weighted by Crippen LogP contribution is -2.33. The van der Waals surface area contributed by atoms with Crippen LogP contribution < -0.4 is 9.04 Å². The zero-order valence-electron chi connectivity index (χ0n) is 18.8. The van der Waals surface area contributed by atoms with Crippen LogP contribution in [0.1, 0.15) is 42.6 Å². The molecule has 1 N–H and O–H groups in total. The fourth-order valence-electron chi connectivity index (χ4n) is 4.00. The third-order valence-electron chi connectivity index (χ3n) is 5.51. The largest absolute Gasteiger partial charge is 0.465 e. The van der Waals surface area contributed by atoms with Gasteiger partial charge in [-0.1, -0.05) is 0 Å². The van der Waals surface area contributed by atoms with Gasteiger partial charge in [0.05, 0.1) is 46.8 Å². The minimum absolute atomic E-state index is 0.00735. The topological polar surface area (TPSA) is 131 Å². The monoisotopic (exact) mass is 559 g/mol. The molecule has 3 aromatic rings. The van der Waals surface area contributed by atoms with Crippen LogP contribution in [0.3, 0.4) is 0 Å². The molecule has 0 amide bonds. The van der Waals surface area contributed by atoms with Gasteiger partial charge in [0, 0.05) is 11.3 Å². The summed E-state index contributed by atoms with van der Waals surface area (Å²) in [5.41, 5.74) is 2.56. The Bertz CT molecular complexity index is 1290. The number of rotatable bonds is 8. The molecule has 182 valence electrons. The molecular formula is C23H22BrN5O5S. The van der Waals surface area contributed by atoms with E-state index in [0.717, 1.165) is 17.7 Å². The van der Waals surface area contributed by atoms with Crippen LogP contribution in [0, 0.1) is 11.3 Å². The minimum atomic E-state index is -2.35. The second-order valence-corrected chi connectivity index (χ2v) is 9.40. The molecule has 35 heavy (non-hydrogen) atoms. The van der Waals surface area contributed by atoms with Crippen molar-refractivity contribution in [1.29, 1.82) is 5.26 Å². The zero-order chi connectivity index (χ0) is 24.9. The highest BCUT2D eigenvalue weighted by Gasteiger charge is 2.33. The molecule has 2 aromatic heterocycles. The van der Waals surface area contributed by atoms with E-state index in [1.807, 2.05) is 6.07 Å². The molecule has 0 fully saturated rings. The van der Waals surface area contributed by atoms with Gasteiger partial charge in [0.1, 0.15) is 12.3 Å². The summed E-state index contributed by atoms with van der Waals surface area (Å²) in [5.74, 6) is 0.390. The summed E-state index contributed by atoms with van der Waals surface area (Å²) in [6.45, 7) is 2.02. The SMILES string of the molecule is CCOC(=O)Cn1ncc2c1CCCC2N(c1cnc(Oc2ccc(C#N)cc2)c(Br)c1)S(=O)O. The van der Waals surface area contributed by atoms with Crippen molar-refractivity contribution in [2.75, 3.05) is 10.9 Å². The molecule has 0 spiro atoms. The number of halogens is 1. The number of benzene rings is 1. The van der Waals surface area contributed by atoms with Crippen LogP contribution in [-0.4, -0.2) is 36.1 Å². The number of ether oxygens (including phenoxy) is 2. The predicted octanol–water partition coefficient (Wildman–Crippen LogP) is 4.29. The van der Waals surface area contributed by atoms with Crippen LogP contribution in [0.15, 0.2) is 47.2 Å². The molecule has 0 radical (unpaired) electrons. The van der Waals surface area contributed by atoms with Crippen molar-refractivity contribution in [3.05, 3.63) is 64.0 Å². The summed E-state index contributed by atoms with van der Waals surface area (Å²) in [4.78, 5) is 16.3. The molecule has 2 heterocycles. The summed E-state index contributed by atoms with van der Waals surface area (Å²) in [5, 5.41) is 13.3. The number of pyridine rings is 1. The first-order valence-corrected chi connectivity index (χ1v) is 12.7.